The molecule has 0 amide bonds. The maximum absolute atomic E-state index is 5.95. The summed E-state index contributed by atoms with van der Waals surface area (Å²) in [4.78, 5) is 1.22. The van der Waals surface area contributed by atoms with E-state index in [1.54, 1.807) is 17.6 Å². The van der Waals surface area contributed by atoms with Gasteiger partial charge in [0.2, 0.25) is 0 Å². The number of benzene rings is 1. The highest BCUT2D eigenvalue weighted by molar-refractivity contribution is 7.10. The van der Waals surface area contributed by atoms with Gasteiger partial charge in [0, 0.05) is 10.3 Å². The summed E-state index contributed by atoms with van der Waals surface area (Å²) in [5.74, 6) is 0.799. The van der Waals surface area contributed by atoms with Crippen LogP contribution in [0.5, 0.6) is 5.75 Å². The zero-order valence-electron chi connectivity index (χ0n) is 9.42. The zero-order valence-corrected chi connectivity index (χ0v) is 10.2. The molecule has 17 heavy (non-hydrogen) atoms. The summed E-state index contributed by atoms with van der Waals surface area (Å²) in [6.45, 7) is 2.05. The molecule has 0 unspecified atom stereocenters. The summed E-state index contributed by atoms with van der Waals surface area (Å²) in [6, 6.07) is 12.0. The van der Waals surface area contributed by atoms with E-state index < -0.39 is 0 Å². The molecule has 0 spiro atoms. The molecule has 2 aromatic heterocycles. The van der Waals surface area contributed by atoms with Crippen molar-refractivity contribution in [3.63, 3.8) is 0 Å². The average molecular weight is 244 g/mol. The van der Waals surface area contributed by atoms with Gasteiger partial charge in [-0.15, -0.1) is 11.3 Å². The summed E-state index contributed by atoms with van der Waals surface area (Å²) in [7, 11) is 0. The van der Waals surface area contributed by atoms with Gasteiger partial charge in [0.25, 0.3) is 0 Å². The van der Waals surface area contributed by atoms with Gasteiger partial charge in [-0.05, 0) is 30.5 Å². The van der Waals surface area contributed by atoms with Crippen LogP contribution < -0.4 is 4.74 Å². The lowest BCUT2D eigenvalue weighted by Gasteiger charge is -2.13. The van der Waals surface area contributed by atoms with Crippen LogP contribution in [0.3, 0.4) is 0 Å². The van der Waals surface area contributed by atoms with Crippen molar-refractivity contribution in [3.8, 4) is 5.75 Å². The molecule has 3 heteroatoms. The topological polar surface area (TPSA) is 22.4 Å². The molecule has 0 aliphatic carbocycles. The lowest BCUT2D eigenvalue weighted by Crippen LogP contribution is -2.00. The van der Waals surface area contributed by atoms with Crippen molar-refractivity contribution in [3.05, 3.63) is 52.9 Å². The molecule has 0 saturated heterocycles. The van der Waals surface area contributed by atoms with E-state index in [1.165, 1.54) is 4.88 Å². The van der Waals surface area contributed by atoms with E-state index in [1.807, 2.05) is 37.3 Å². The third-order valence-corrected chi connectivity index (χ3v) is 3.72. The van der Waals surface area contributed by atoms with Crippen molar-refractivity contribution in [1.29, 1.82) is 0 Å². The molecular weight excluding hydrogens is 232 g/mol. The predicted octanol–water partition coefficient (Wildman–Crippen LogP) is 4.63. The molecule has 0 fully saturated rings. The first kappa shape index (κ1) is 10.4. The fraction of sp³-hybridized carbons (Fsp3) is 0.143. The second-order valence-corrected chi connectivity index (χ2v) is 4.85. The van der Waals surface area contributed by atoms with E-state index in [4.69, 9.17) is 9.15 Å². The monoisotopic (exact) mass is 244 g/mol. The van der Waals surface area contributed by atoms with Crippen LogP contribution >= 0.6 is 11.3 Å². The Morgan fingerprint density at radius 1 is 1.18 bits per heavy atom. The minimum Gasteiger partial charge on any atom is -0.481 e. The minimum absolute atomic E-state index is 0.0469. The second-order valence-electron chi connectivity index (χ2n) is 3.87. The predicted molar refractivity (Wildman–Crippen MR) is 69.6 cm³/mol. The number of hydrogen-bond acceptors (Lipinski definition) is 3. The first-order valence-corrected chi connectivity index (χ1v) is 6.39. The Labute approximate surface area is 103 Å². The number of ether oxygens (including phenoxy) is 1. The Hall–Kier alpha value is -1.74. The fourth-order valence-corrected chi connectivity index (χ4v) is 2.54. The van der Waals surface area contributed by atoms with E-state index >= 15 is 0 Å². The van der Waals surface area contributed by atoms with E-state index in [0.717, 1.165) is 16.7 Å². The van der Waals surface area contributed by atoms with Crippen molar-refractivity contribution in [2.45, 2.75) is 13.0 Å². The standard InChI is InChI=1S/C14H12O2S/c1-10(13-6-3-9-17-13)16-12-5-2-4-11-7-8-15-14(11)12/h2-10H,1H3/t10-/m0/s1. The molecule has 3 rings (SSSR count). The van der Waals surface area contributed by atoms with Crippen LogP contribution in [0, 0.1) is 0 Å². The fourth-order valence-electron chi connectivity index (χ4n) is 1.83. The Morgan fingerprint density at radius 3 is 2.94 bits per heavy atom. The smallest absolute Gasteiger partial charge is 0.175 e. The molecule has 2 nitrogen and oxygen atoms in total. The molecule has 1 aromatic carbocycles. The summed E-state index contributed by atoms with van der Waals surface area (Å²) < 4.78 is 11.4. The van der Waals surface area contributed by atoms with Crippen molar-refractivity contribution in [1.82, 2.24) is 0 Å². The van der Waals surface area contributed by atoms with Gasteiger partial charge in [-0.25, -0.2) is 0 Å². The molecule has 1 atom stereocenters. The summed E-state index contributed by atoms with van der Waals surface area (Å²) >= 11 is 1.70. The second kappa shape index (κ2) is 4.26. The highest BCUT2D eigenvalue weighted by atomic mass is 32.1. The number of thiophene rings is 1. The zero-order chi connectivity index (χ0) is 11.7. The minimum atomic E-state index is 0.0469. The van der Waals surface area contributed by atoms with Gasteiger partial charge in [-0.3, -0.25) is 0 Å². The third kappa shape index (κ3) is 1.94. The van der Waals surface area contributed by atoms with Gasteiger partial charge < -0.3 is 9.15 Å². The maximum atomic E-state index is 5.95. The molecule has 0 saturated carbocycles. The van der Waals surface area contributed by atoms with Gasteiger partial charge >= 0.3 is 0 Å². The first-order valence-electron chi connectivity index (χ1n) is 5.51. The lowest BCUT2D eigenvalue weighted by molar-refractivity contribution is 0.231. The Morgan fingerprint density at radius 2 is 2.12 bits per heavy atom. The molecule has 3 aromatic rings. The van der Waals surface area contributed by atoms with E-state index in [9.17, 15) is 0 Å². The van der Waals surface area contributed by atoms with Gasteiger partial charge in [0.05, 0.1) is 6.26 Å². The molecule has 0 radical (unpaired) electrons. The largest absolute Gasteiger partial charge is 0.481 e. The summed E-state index contributed by atoms with van der Waals surface area (Å²) in [5, 5.41) is 3.13. The molecule has 0 aliphatic rings. The highest BCUT2D eigenvalue weighted by Crippen LogP contribution is 2.31. The van der Waals surface area contributed by atoms with Crippen molar-refractivity contribution >= 4 is 22.3 Å². The van der Waals surface area contributed by atoms with Gasteiger partial charge in [-0.1, -0.05) is 18.2 Å². The van der Waals surface area contributed by atoms with Crippen LogP contribution in [-0.4, -0.2) is 0 Å². The molecule has 0 aliphatic heterocycles. The lowest BCUT2D eigenvalue weighted by atomic mass is 10.2. The quantitative estimate of drug-likeness (QED) is 0.670. The van der Waals surface area contributed by atoms with E-state index in [-0.39, 0.29) is 6.10 Å². The number of fused-ring (bicyclic) bond motifs is 1. The molecule has 0 N–H and O–H groups in total. The van der Waals surface area contributed by atoms with Crippen LogP contribution in [0.25, 0.3) is 11.0 Å². The van der Waals surface area contributed by atoms with Crippen LogP contribution in [0.2, 0.25) is 0 Å². The van der Waals surface area contributed by atoms with Crippen molar-refractivity contribution < 1.29 is 9.15 Å². The Balaban J connectivity index is 1.92. The van der Waals surface area contributed by atoms with Crippen molar-refractivity contribution in [2.24, 2.45) is 0 Å². The Bertz CT molecular complexity index is 610. The summed E-state index contributed by atoms with van der Waals surface area (Å²) in [6.07, 6.45) is 1.73. The maximum Gasteiger partial charge on any atom is 0.175 e. The highest BCUT2D eigenvalue weighted by Gasteiger charge is 2.11. The van der Waals surface area contributed by atoms with Crippen molar-refractivity contribution in [2.75, 3.05) is 0 Å². The van der Waals surface area contributed by atoms with E-state index in [0.29, 0.717) is 0 Å². The SMILES string of the molecule is C[C@H](Oc1cccc2ccoc12)c1cccs1. The number of rotatable bonds is 3. The number of hydrogen-bond donors (Lipinski definition) is 0. The molecule has 86 valence electrons. The van der Waals surface area contributed by atoms with E-state index in [2.05, 4.69) is 11.4 Å². The van der Waals surface area contributed by atoms with Crippen LogP contribution in [0.4, 0.5) is 0 Å². The van der Waals surface area contributed by atoms with Crippen LogP contribution in [-0.2, 0) is 0 Å². The first-order chi connectivity index (χ1) is 8.34. The number of furan rings is 1. The summed E-state index contributed by atoms with van der Waals surface area (Å²) in [5.41, 5.74) is 0.816. The molecule has 2 heterocycles. The molecular formula is C14H12O2S. The Kier molecular flexibility index (Phi) is 2.61. The van der Waals surface area contributed by atoms with Crippen LogP contribution in [0.15, 0.2) is 52.5 Å². The van der Waals surface area contributed by atoms with Gasteiger partial charge in [0.15, 0.2) is 11.3 Å². The average Bonchev–Trinajstić information content (AvgIpc) is 3.00. The van der Waals surface area contributed by atoms with Gasteiger partial charge in [-0.2, -0.15) is 0 Å². The molecule has 0 bridgehead atoms. The third-order valence-electron chi connectivity index (χ3n) is 2.69. The van der Waals surface area contributed by atoms with Gasteiger partial charge in [0.1, 0.15) is 6.10 Å². The van der Waals surface area contributed by atoms with Crippen LogP contribution in [0.1, 0.15) is 17.9 Å². The number of para-hydroxylation sites is 1. The normalized spacial score (nSPS) is 12.8.